The molecule has 0 aromatic rings. The third kappa shape index (κ3) is 30.5. The highest BCUT2D eigenvalue weighted by molar-refractivity contribution is 6.25. The molecule has 0 spiro atoms. The Morgan fingerprint density at radius 3 is 1.56 bits per heavy atom. The second kappa shape index (κ2) is 11.1. The van der Waals surface area contributed by atoms with Crippen LogP contribution in [0.15, 0.2) is 0 Å². The second-order valence-electron chi connectivity index (χ2n) is 1.43. The van der Waals surface area contributed by atoms with Crippen LogP contribution < -0.4 is 0 Å². The van der Waals surface area contributed by atoms with Crippen molar-refractivity contribution >= 4 is 29.0 Å². The van der Waals surface area contributed by atoms with E-state index in [2.05, 4.69) is 0 Å². The minimum atomic E-state index is 0.255. The van der Waals surface area contributed by atoms with Gasteiger partial charge in [-0.25, -0.2) is 0 Å². The summed E-state index contributed by atoms with van der Waals surface area (Å²) < 4.78 is 0. The second-order valence-corrected chi connectivity index (χ2v) is 2.19. The fourth-order valence-electron chi connectivity index (χ4n) is 0. The number of ketones is 1. The summed E-state index contributed by atoms with van der Waals surface area (Å²) in [4.78, 5) is 9.81. The van der Waals surface area contributed by atoms with Crippen LogP contribution in [0, 0.1) is 0 Å². The van der Waals surface area contributed by atoms with Gasteiger partial charge in [0.1, 0.15) is 5.78 Å². The molecule has 0 amide bonds. The highest BCUT2D eigenvalue weighted by Crippen LogP contribution is 1.75. The molecule has 0 aliphatic rings. The van der Waals surface area contributed by atoms with E-state index in [0.717, 1.165) is 0 Å². The third-order valence-electron chi connectivity index (χ3n) is 0.569. The molecule has 9 heavy (non-hydrogen) atoms. The van der Waals surface area contributed by atoms with E-state index in [9.17, 15) is 4.79 Å². The Balaban J connectivity index is 0. The summed E-state index contributed by atoms with van der Waals surface area (Å²) in [5, 5.41) is 0. The predicted molar refractivity (Wildman–Crippen MR) is 42.4 cm³/mol. The van der Waals surface area contributed by atoms with Crippen molar-refractivity contribution < 1.29 is 4.79 Å². The largest absolute Gasteiger partial charge is 0.300 e. The highest BCUT2D eigenvalue weighted by atomic mass is 35.5. The van der Waals surface area contributed by atoms with Gasteiger partial charge in [0.05, 0.1) is 0 Å². The van der Waals surface area contributed by atoms with E-state index in [-0.39, 0.29) is 5.78 Å². The van der Waals surface area contributed by atoms with Crippen molar-refractivity contribution in [3.8, 4) is 0 Å². The van der Waals surface area contributed by atoms with Crippen molar-refractivity contribution in [1.29, 1.82) is 0 Å². The number of halogens is 2. The molecule has 0 heterocycles. The van der Waals surface area contributed by atoms with Gasteiger partial charge >= 0.3 is 0 Å². The van der Waals surface area contributed by atoms with Gasteiger partial charge in [0, 0.05) is 18.2 Å². The molecule has 0 aromatic carbocycles. The van der Waals surface area contributed by atoms with Gasteiger partial charge in [-0.2, -0.15) is 0 Å². The number of rotatable bonds is 2. The summed E-state index contributed by atoms with van der Waals surface area (Å²) >= 11 is 10.1. The Morgan fingerprint density at radius 1 is 1.33 bits per heavy atom. The van der Waals surface area contributed by atoms with E-state index in [1.165, 1.54) is 0 Å². The summed E-state index contributed by atoms with van der Waals surface area (Å²) in [6.07, 6.45) is 0.667. The van der Waals surface area contributed by atoms with Crippen LogP contribution in [0.4, 0.5) is 0 Å². The Morgan fingerprint density at radius 2 is 1.56 bits per heavy atom. The third-order valence-corrected chi connectivity index (χ3v) is 1.14. The quantitative estimate of drug-likeness (QED) is 0.583. The van der Waals surface area contributed by atoms with Crippen LogP contribution in [0.2, 0.25) is 0 Å². The first kappa shape index (κ1) is 12.0. The van der Waals surface area contributed by atoms with Crippen molar-refractivity contribution in [1.82, 2.24) is 0 Å². The summed E-state index contributed by atoms with van der Waals surface area (Å²) in [6.45, 7) is 3.43. The summed E-state index contributed by atoms with van der Waals surface area (Å²) in [7, 11) is 0. The van der Waals surface area contributed by atoms with Crippen molar-refractivity contribution in [2.75, 3.05) is 11.8 Å². The monoisotopic (exact) mass is 170 g/mol. The fourth-order valence-corrected chi connectivity index (χ4v) is 0. The van der Waals surface area contributed by atoms with Crippen molar-refractivity contribution in [3.05, 3.63) is 0 Å². The Bertz CT molecular complexity index is 62.1. The number of hydrogen-bond acceptors (Lipinski definition) is 1. The highest BCUT2D eigenvalue weighted by Gasteiger charge is 1.76. The van der Waals surface area contributed by atoms with E-state index in [1.54, 1.807) is 6.92 Å². The average molecular weight is 171 g/mol. The molecule has 0 N–H and O–H groups in total. The zero-order valence-corrected chi connectivity index (χ0v) is 7.30. The minimum absolute atomic E-state index is 0.255. The first-order valence-electron chi connectivity index (χ1n) is 2.80. The molecule has 0 fully saturated rings. The molecule has 0 saturated carbocycles. The fraction of sp³-hybridized carbons (Fsp3) is 0.833. The molecule has 0 saturated heterocycles. The maximum atomic E-state index is 9.81. The summed E-state index contributed by atoms with van der Waals surface area (Å²) in [5.74, 6) is 1.37. The van der Waals surface area contributed by atoms with Gasteiger partial charge in [0.25, 0.3) is 0 Å². The number of hydrogen-bond donors (Lipinski definition) is 0. The van der Waals surface area contributed by atoms with Crippen molar-refractivity contribution in [3.63, 3.8) is 0 Å². The SMILES string of the molecule is CCC(C)=O.ClCCCl. The van der Waals surface area contributed by atoms with Gasteiger partial charge in [0.15, 0.2) is 0 Å². The molecule has 0 bridgehead atoms. The van der Waals surface area contributed by atoms with Gasteiger partial charge in [0.2, 0.25) is 0 Å². The van der Waals surface area contributed by atoms with Gasteiger partial charge in [-0.05, 0) is 6.92 Å². The first-order valence-corrected chi connectivity index (χ1v) is 3.87. The van der Waals surface area contributed by atoms with Gasteiger partial charge in [-0.1, -0.05) is 6.92 Å². The Labute approximate surface area is 66.3 Å². The zero-order valence-electron chi connectivity index (χ0n) is 5.79. The van der Waals surface area contributed by atoms with Crippen LogP contribution in [-0.4, -0.2) is 17.5 Å². The smallest absolute Gasteiger partial charge is 0.129 e. The van der Waals surface area contributed by atoms with Gasteiger partial charge < -0.3 is 4.79 Å². The number of Topliss-reactive ketones (excluding diaryl/α,β-unsaturated/α-hetero) is 1. The topological polar surface area (TPSA) is 17.1 Å². The summed E-state index contributed by atoms with van der Waals surface area (Å²) in [6, 6.07) is 0. The van der Waals surface area contributed by atoms with Crippen LogP contribution in [0.3, 0.4) is 0 Å². The Kier molecular flexibility index (Phi) is 14.8. The first-order chi connectivity index (χ1) is 4.18. The number of carbonyl (C=O) groups excluding carboxylic acids is 1. The van der Waals surface area contributed by atoms with Crippen LogP contribution in [0.1, 0.15) is 20.3 Å². The molecule has 1 nitrogen and oxygen atoms in total. The lowest BCUT2D eigenvalue weighted by molar-refractivity contribution is -0.116. The van der Waals surface area contributed by atoms with E-state index in [4.69, 9.17) is 23.2 Å². The van der Waals surface area contributed by atoms with E-state index in [1.807, 2.05) is 6.92 Å². The molecule has 0 aliphatic heterocycles. The molecular formula is C6H12Cl2O. The molecule has 0 radical (unpaired) electrons. The van der Waals surface area contributed by atoms with Crippen molar-refractivity contribution in [2.24, 2.45) is 0 Å². The molecule has 3 heteroatoms. The average Bonchev–Trinajstić information content (AvgIpc) is 1.89. The minimum Gasteiger partial charge on any atom is -0.300 e. The Hall–Kier alpha value is 0.250. The predicted octanol–water partition coefficient (Wildman–Crippen LogP) is 2.45. The molecule has 0 aromatic heterocycles. The van der Waals surface area contributed by atoms with Crippen molar-refractivity contribution in [2.45, 2.75) is 20.3 Å². The number of carbonyl (C=O) groups is 1. The maximum Gasteiger partial charge on any atom is 0.129 e. The van der Waals surface area contributed by atoms with Gasteiger partial charge in [-0.15, -0.1) is 23.2 Å². The summed E-state index contributed by atoms with van der Waals surface area (Å²) in [5.41, 5.74) is 0. The van der Waals surface area contributed by atoms with Gasteiger partial charge in [-0.3, -0.25) is 0 Å². The van der Waals surface area contributed by atoms with Crippen LogP contribution in [-0.2, 0) is 4.79 Å². The molecule has 56 valence electrons. The normalized spacial score (nSPS) is 7.56. The molecule has 0 aliphatic carbocycles. The standard InChI is InChI=1S/C4H8O.C2H4Cl2/c1-3-4(2)5;3-1-2-4/h3H2,1-2H3;1-2H2. The van der Waals surface area contributed by atoms with Crippen LogP contribution in [0.25, 0.3) is 0 Å². The molecular weight excluding hydrogens is 159 g/mol. The zero-order chi connectivity index (χ0) is 7.70. The van der Waals surface area contributed by atoms with E-state index >= 15 is 0 Å². The lowest BCUT2D eigenvalue weighted by atomic mass is 10.4. The van der Waals surface area contributed by atoms with E-state index in [0.29, 0.717) is 18.2 Å². The van der Waals surface area contributed by atoms with Crippen LogP contribution >= 0.6 is 23.2 Å². The molecule has 0 unspecified atom stereocenters. The maximum absolute atomic E-state index is 9.81. The lowest BCUT2D eigenvalue weighted by Crippen LogP contribution is -1.80. The molecule has 0 rings (SSSR count). The van der Waals surface area contributed by atoms with E-state index < -0.39 is 0 Å². The van der Waals surface area contributed by atoms with Crippen LogP contribution in [0.5, 0.6) is 0 Å². The lowest BCUT2D eigenvalue weighted by Gasteiger charge is -1.71. The number of alkyl halides is 2. The molecule has 0 atom stereocenters.